The zero-order chi connectivity index (χ0) is 17.8. The van der Waals surface area contributed by atoms with Gasteiger partial charge >= 0.3 is 0 Å². The largest absolute Gasteiger partial charge is 0.414 e. The van der Waals surface area contributed by atoms with Gasteiger partial charge in [0.25, 0.3) is 0 Å². The second-order valence-electron chi connectivity index (χ2n) is 8.35. The van der Waals surface area contributed by atoms with Gasteiger partial charge in [0.1, 0.15) is 0 Å². The summed E-state index contributed by atoms with van der Waals surface area (Å²) in [6.07, 6.45) is 2.31. The van der Waals surface area contributed by atoms with E-state index in [1.807, 2.05) is 18.2 Å². The van der Waals surface area contributed by atoms with E-state index in [-0.39, 0.29) is 29.5 Å². The summed E-state index contributed by atoms with van der Waals surface area (Å²) in [4.78, 5) is 0. The molecule has 0 bridgehead atoms. The van der Waals surface area contributed by atoms with Gasteiger partial charge in [0.05, 0.1) is 18.8 Å². The van der Waals surface area contributed by atoms with Crippen molar-refractivity contribution < 1.29 is 9.16 Å². The quantitative estimate of drug-likeness (QED) is 0.435. The van der Waals surface area contributed by atoms with E-state index in [4.69, 9.17) is 14.9 Å². The number of hydrogen-bond acceptors (Lipinski definition) is 6. The molecular formula is C19H40N4O2Si. The third kappa shape index (κ3) is 6.98. The third-order valence-electron chi connectivity index (χ3n) is 5.36. The summed E-state index contributed by atoms with van der Waals surface area (Å²) in [5, 5.41) is 3.73. The molecule has 2 rings (SSSR count). The first-order chi connectivity index (χ1) is 11.2. The number of anilines is 1. The summed E-state index contributed by atoms with van der Waals surface area (Å²) in [5.41, 5.74) is 8.11. The molecule has 1 fully saturated rings. The topological polar surface area (TPSA) is 127 Å². The standard InChI is InChI=1S/C19H34N2O2Si.2H3N/c1-19(2,3)24(4,5)22-14-17-13-21-12-16(23-17)11-10-15-8-6-7-9-18(15)20;;/h6-9,16-17,21H,10-14,20H2,1-5H3;2*1H3/t16-,17+;;/m1../s1. The van der Waals surface area contributed by atoms with E-state index in [1.54, 1.807) is 0 Å². The SMILES string of the molecule is CC(C)(C)[Si](C)(C)OC[C@@H]1CNC[C@@H](CCc2ccccc2N)O1.N.N. The molecule has 1 aliphatic heterocycles. The Balaban J connectivity index is 0.00000312. The maximum absolute atomic E-state index is 6.32. The minimum absolute atomic E-state index is 0. The van der Waals surface area contributed by atoms with Crippen molar-refractivity contribution >= 4 is 14.0 Å². The summed E-state index contributed by atoms with van der Waals surface area (Å²) in [7, 11) is -1.71. The number of nitrogen functional groups attached to an aromatic ring is 1. The van der Waals surface area contributed by atoms with E-state index in [9.17, 15) is 0 Å². The number of morpholine rings is 1. The fourth-order valence-corrected chi connectivity index (χ4v) is 3.67. The van der Waals surface area contributed by atoms with Crippen LogP contribution in [0.4, 0.5) is 5.69 Å². The Hall–Kier alpha value is -0.963. The van der Waals surface area contributed by atoms with Crippen LogP contribution in [0.3, 0.4) is 0 Å². The Morgan fingerprint density at radius 1 is 1.15 bits per heavy atom. The van der Waals surface area contributed by atoms with E-state index in [0.717, 1.165) is 31.6 Å². The first-order valence-corrected chi connectivity index (χ1v) is 11.9. The van der Waals surface area contributed by atoms with Gasteiger partial charge in [-0.2, -0.15) is 0 Å². The van der Waals surface area contributed by atoms with Gasteiger partial charge in [-0.1, -0.05) is 39.0 Å². The molecule has 152 valence electrons. The van der Waals surface area contributed by atoms with E-state index >= 15 is 0 Å². The van der Waals surface area contributed by atoms with Crippen molar-refractivity contribution in [3.05, 3.63) is 29.8 Å². The molecule has 1 aromatic rings. The smallest absolute Gasteiger partial charge is 0.192 e. The molecule has 0 aromatic heterocycles. The van der Waals surface area contributed by atoms with Crippen LogP contribution in [-0.4, -0.2) is 40.2 Å². The highest BCUT2D eigenvalue weighted by Crippen LogP contribution is 2.36. The number of ether oxygens (including phenoxy) is 1. The van der Waals surface area contributed by atoms with Crippen LogP contribution >= 0.6 is 0 Å². The van der Waals surface area contributed by atoms with Crippen molar-refractivity contribution in [2.45, 2.75) is 64.0 Å². The summed E-state index contributed by atoms with van der Waals surface area (Å²) in [6.45, 7) is 13.9. The van der Waals surface area contributed by atoms with E-state index in [2.05, 4.69) is 45.2 Å². The maximum atomic E-state index is 6.32. The van der Waals surface area contributed by atoms with Crippen LogP contribution in [-0.2, 0) is 15.6 Å². The van der Waals surface area contributed by atoms with Gasteiger partial charge < -0.3 is 32.5 Å². The number of hydrogen-bond donors (Lipinski definition) is 4. The molecule has 2 atom stereocenters. The van der Waals surface area contributed by atoms with Crippen molar-refractivity contribution in [1.82, 2.24) is 17.6 Å². The van der Waals surface area contributed by atoms with Crippen molar-refractivity contribution in [3.8, 4) is 0 Å². The molecule has 0 saturated carbocycles. The van der Waals surface area contributed by atoms with Crippen molar-refractivity contribution in [1.29, 1.82) is 0 Å². The molecule has 0 unspecified atom stereocenters. The normalized spacial score (nSPS) is 20.8. The lowest BCUT2D eigenvalue weighted by Crippen LogP contribution is -2.49. The molecule has 7 heteroatoms. The summed E-state index contributed by atoms with van der Waals surface area (Å²) in [6, 6.07) is 8.09. The van der Waals surface area contributed by atoms with Crippen LogP contribution < -0.4 is 23.4 Å². The first kappa shape index (κ1) is 25.0. The Morgan fingerprint density at radius 3 is 2.38 bits per heavy atom. The third-order valence-corrected chi connectivity index (χ3v) is 9.86. The van der Waals surface area contributed by atoms with Gasteiger partial charge in [-0.15, -0.1) is 0 Å². The lowest BCUT2D eigenvalue weighted by atomic mass is 10.0. The van der Waals surface area contributed by atoms with Crippen LogP contribution in [0.5, 0.6) is 0 Å². The van der Waals surface area contributed by atoms with Gasteiger partial charge in [0, 0.05) is 18.8 Å². The van der Waals surface area contributed by atoms with Crippen molar-refractivity contribution in [2.75, 3.05) is 25.4 Å². The zero-order valence-corrected chi connectivity index (χ0v) is 18.3. The molecule has 0 radical (unpaired) electrons. The Morgan fingerprint density at radius 2 is 1.77 bits per heavy atom. The molecule has 0 aliphatic carbocycles. The van der Waals surface area contributed by atoms with E-state index < -0.39 is 8.32 Å². The number of para-hydroxylation sites is 1. The summed E-state index contributed by atoms with van der Waals surface area (Å²) < 4.78 is 12.6. The highest BCUT2D eigenvalue weighted by molar-refractivity contribution is 6.74. The predicted molar refractivity (Wildman–Crippen MR) is 114 cm³/mol. The highest BCUT2D eigenvalue weighted by Gasteiger charge is 2.38. The number of nitrogens with two attached hydrogens (primary N) is 1. The first-order valence-electron chi connectivity index (χ1n) is 9.02. The van der Waals surface area contributed by atoms with Crippen molar-refractivity contribution in [2.24, 2.45) is 0 Å². The number of benzene rings is 1. The zero-order valence-electron chi connectivity index (χ0n) is 17.3. The summed E-state index contributed by atoms with van der Waals surface area (Å²) >= 11 is 0. The van der Waals surface area contributed by atoms with Crippen LogP contribution in [0.2, 0.25) is 18.1 Å². The monoisotopic (exact) mass is 384 g/mol. The molecule has 1 heterocycles. The van der Waals surface area contributed by atoms with E-state index in [0.29, 0.717) is 6.61 Å². The summed E-state index contributed by atoms with van der Waals surface area (Å²) in [5.74, 6) is 0. The van der Waals surface area contributed by atoms with Gasteiger partial charge in [-0.25, -0.2) is 0 Å². The molecule has 1 aromatic carbocycles. The highest BCUT2D eigenvalue weighted by atomic mass is 28.4. The second kappa shape index (κ2) is 10.4. The van der Waals surface area contributed by atoms with Crippen molar-refractivity contribution in [3.63, 3.8) is 0 Å². The lowest BCUT2D eigenvalue weighted by Gasteiger charge is -2.38. The number of aryl methyl sites for hydroxylation is 1. The molecular weight excluding hydrogens is 344 g/mol. The number of rotatable bonds is 6. The molecule has 9 N–H and O–H groups in total. The Bertz CT molecular complexity index is 535. The average Bonchev–Trinajstić information content (AvgIpc) is 2.52. The van der Waals surface area contributed by atoms with Gasteiger partial charge in [-0.05, 0) is 42.6 Å². The van der Waals surface area contributed by atoms with Gasteiger partial charge in [0.15, 0.2) is 8.32 Å². The van der Waals surface area contributed by atoms with Gasteiger partial charge in [0.2, 0.25) is 0 Å². The second-order valence-corrected chi connectivity index (χ2v) is 13.2. The molecule has 1 aliphatic rings. The maximum Gasteiger partial charge on any atom is 0.192 e. The Labute approximate surface area is 160 Å². The average molecular weight is 385 g/mol. The predicted octanol–water partition coefficient (Wildman–Crippen LogP) is 3.90. The minimum atomic E-state index is -1.71. The Kier molecular flexibility index (Phi) is 10.0. The number of nitrogens with one attached hydrogen (secondary N) is 1. The van der Waals surface area contributed by atoms with Crippen LogP contribution in [0.25, 0.3) is 0 Å². The molecule has 0 amide bonds. The molecule has 26 heavy (non-hydrogen) atoms. The van der Waals surface area contributed by atoms with Crippen LogP contribution in [0.1, 0.15) is 32.8 Å². The van der Waals surface area contributed by atoms with Gasteiger partial charge in [-0.3, -0.25) is 0 Å². The fraction of sp³-hybridized carbons (Fsp3) is 0.684. The van der Waals surface area contributed by atoms with Crippen LogP contribution in [0, 0.1) is 0 Å². The lowest BCUT2D eigenvalue weighted by molar-refractivity contribution is -0.0604. The molecule has 0 spiro atoms. The molecule has 6 nitrogen and oxygen atoms in total. The van der Waals surface area contributed by atoms with E-state index in [1.165, 1.54) is 5.56 Å². The minimum Gasteiger partial charge on any atom is -0.414 e. The fourth-order valence-electron chi connectivity index (χ4n) is 2.64. The molecule has 1 saturated heterocycles. The van der Waals surface area contributed by atoms with Crippen LogP contribution in [0.15, 0.2) is 24.3 Å².